The van der Waals surface area contributed by atoms with Crippen molar-refractivity contribution in [1.29, 1.82) is 0 Å². The van der Waals surface area contributed by atoms with Gasteiger partial charge < -0.3 is 9.51 Å². The van der Waals surface area contributed by atoms with E-state index in [0.29, 0.717) is 12.2 Å². The van der Waals surface area contributed by atoms with E-state index in [1.165, 1.54) is 6.20 Å². The van der Waals surface area contributed by atoms with Crippen molar-refractivity contribution in [3.8, 4) is 0 Å². The molecule has 0 saturated heterocycles. The lowest BCUT2D eigenvalue weighted by molar-refractivity contribution is 0.0696. The Morgan fingerprint density at radius 1 is 1.42 bits per heavy atom. The highest BCUT2D eigenvalue weighted by Crippen LogP contribution is 2.11. The number of aromatic carboxylic acids is 1. The van der Waals surface area contributed by atoms with Crippen LogP contribution >= 0.6 is 0 Å². The van der Waals surface area contributed by atoms with Gasteiger partial charge in [0.2, 0.25) is 0 Å². The van der Waals surface area contributed by atoms with Crippen molar-refractivity contribution in [1.82, 2.24) is 19.2 Å². The third-order valence-corrected chi connectivity index (χ3v) is 3.06. The molecule has 3 rings (SSSR count). The van der Waals surface area contributed by atoms with Crippen molar-refractivity contribution in [2.24, 2.45) is 0 Å². The van der Waals surface area contributed by atoms with Crippen LogP contribution in [0, 0.1) is 6.92 Å². The summed E-state index contributed by atoms with van der Waals surface area (Å²) < 4.78 is 3.57. The van der Waals surface area contributed by atoms with Crippen molar-refractivity contribution >= 4 is 11.6 Å². The molecule has 0 saturated carbocycles. The number of carboxylic acids is 1. The number of rotatable bonds is 3. The SMILES string of the molecule is Cc1c(C(=O)O)cnn1Cc1cn2ccccc2n1. The first kappa shape index (κ1) is 11.5. The molecule has 3 aromatic rings. The number of carboxylic acid groups (broad SMARTS) is 1. The summed E-state index contributed by atoms with van der Waals surface area (Å²) in [6.07, 6.45) is 5.20. The zero-order chi connectivity index (χ0) is 13.4. The van der Waals surface area contributed by atoms with E-state index in [9.17, 15) is 4.79 Å². The summed E-state index contributed by atoms with van der Waals surface area (Å²) in [5, 5.41) is 13.1. The fourth-order valence-electron chi connectivity index (χ4n) is 2.03. The third kappa shape index (κ3) is 1.97. The minimum atomic E-state index is -0.959. The standard InChI is InChI=1S/C13H12N4O2/c1-9-11(13(18)19)6-14-17(9)8-10-7-16-5-3-2-4-12(16)15-10/h2-7H,8H2,1H3,(H,18,19). The van der Waals surface area contributed by atoms with E-state index in [1.54, 1.807) is 11.6 Å². The first-order chi connectivity index (χ1) is 9.15. The Balaban J connectivity index is 1.94. The zero-order valence-electron chi connectivity index (χ0n) is 10.3. The first-order valence-electron chi connectivity index (χ1n) is 5.83. The van der Waals surface area contributed by atoms with Gasteiger partial charge in [0.05, 0.1) is 24.1 Å². The van der Waals surface area contributed by atoms with Gasteiger partial charge in [-0.1, -0.05) is 6.07 Å². The molecular weight excluding hydrogens is 244 g/mol. The molecule has 0 aliphatic rings. The summed E-state index contributed by atoms with van der Waals surface area (Å²) in [6, 6.07) is 5.77. The molecule has 0 amide bonds. The summed E-state index contributed by atoms with van der Waals surface area (Å²) in [7, 11) is 0. The summed E-state index contributed by atoms with van der Waals surface area (Å²) in [6.45, 7) is 2.20. The van der Waals surface area contributed by atoms with E-state index in [0.717, 1.165) is 11.3 Å². The molecule has 19 heavy (non-hydrogen) atoms. The summed E-state index contributed by atoms with van der Waals surface area (Å²) >= 11 is 0. The summed E-state index contributed by atoms with van der Waals surface area (Å²) in [4.78, 5) is 15.4. The number of imidazole rings is 1. The molecule has 1 N–H and O–H groups in total. The van der Waals surface area contributed by atoms with Crippen LogP contribution < -0.4 is 0 Å². The molecule has 0 aromatic carbocycles. The number of nitrogens with zero attached hydrogens (tertiary/aromatic N) is 4. The molecule has 0 fully saturated rings. The number of fused-ring (bicyclic) bond motifs is 1. The van der Waals surface area contributed by atoms with Crippen LogP contribution in [0.2, 0.25) is 0 Å². The maximum Gasteiger partial charge on any atom is 0.339 e. The molecule has 96 valence electrons. The Kier molecular flexibility index (Phi) is 2.56. The van der Waals surface area contributed by atoms with Gasteiger partial charge >= 0.3 is 5.97 Å². The van der Waals surface area contributed by atoms with Crippen LogP contribution in [0.3, 0.4) is 0 Å². The van der Waals surface area contributed by atoms with Gasteiger partial charge in [0.25, 0.3) is 0 Å². The van der Waals surface area contributed by atoms with Crippen LogP contribution in [0.25, 0.3) is 5.65 Å². The second-order valence-electron chi connectivity index (χ2n) is 4.30. The van der Waals surface area contributed by atoms with Gasteiger partial charge in [0, 0.05) is 12.4 Å². The van der Waals surface area contributed by atoms with E-state index in [-0.39, 0.29) is 5.56 Å². The van der Waals surface area contributed by atoms with E-state index >= 15 is 0 Å². The quantitative estimate of drug-likeness (QED) is 0.772. The van der Waals surface area contributed by atoms with Crippen LogP contribution in [0.5, 0.6) is 0 Å². The van der Waals surface area contributed by atoms with Gasteiger partial charge in [0.15, 0.2) is 0 Å². The number of aromatic nitrogens is 4. The highest BCUT2D eigenvalue weighted by Gasteiger charge is 2.13. The summed E-state index contributed by atoms with van der Waals surface area (Å²) in [5.41, 5.74) is 2.56. The average Bonchev–Trinajstić information content (AvgIpc) is 2.94. The van der Waals surface area contributed by atoms with E-state index in [2.05, 4.69) is 10.1 Å². The number of pyridine rings is 1. The molecule has 0 radical (unpaired) electrons. The average molecular weight is 256 g/mol. The van der Waals surface area contributed by atoms with Gasteiger partial charge in [-0.05, 0) is 19.1 Å². The molecule has 0 bridgehead atoms. The van der Waals surface area contributed by atoms with Gasteiger partial charge in [0.1, 0.15) is 11.2 Å². The lowest BCUT2D eigenvalue weighted by atomic mass is 10.3. The zero-order valence-corrected chi connectivity index (χ0v) is 10.3. The smallest absolute Gasteiger partial charge is 0.339 e. The molecule has 0 atom stereocenters. The molecule has 0 unspecified atom stereocenters. The molecule has 6 heteroatoms. The minimum Gasteiger partial charge on any atom is -0.478 e. The normalized spacial score (nSPS) is 11.0. The second-order valence-corrected chi connectivity index (χ2v) is 4.30. The first-order valence-corrected chi connectivity index (χ1v) is 5.83. The fraction of sp³-hybridized carbons (Fsp3) is 0.154. The second kappa shape index (κ2) is 4.24. The molecule has 0 spiro atoms. The lowest BCUT2D eigenvalue weighted by Gasteiger charge is -2.01. The Bertz CT molecular complexity index is 724. The maximum atomic E-state index is 11.0. The van der Waals surface area contributed by atoms with Crippen LogP contribution in [-0.4, -0.2) is 30.2 Å². The van der Waals surface area contributed by atoms with E-state index in [1.807, 2.05) is 35.0 Å². The van der Waals surface area contributed by atoms with Gasteiger partial charge in [-0.15, -0.1) is 0 Å². The predicted molar refractivity (Wildman–Crippen MR) is 68.2 cm³/mol. The third-order valence-electron chi connectivity index (χ3n) is 3.06. The van der Waals surface area contributed by atoms with Crippen LogP contribution in [0.15, 0.2) is 36.8 Å². The van der Waals surface area contributed by atoms with Crippen LogP contribution in [-0.2, 0) is 6.54 Å². The van der Waals surface area contributed by atoms with Crippen molar-refractivity contribution in [3.05, 3.63) is 53.7 Å². The van der Waals surface area contributed by atoms with E-state index in [4.69, 9.17) is 5.11 Å². The van der Waals surface area contributed by atoms with Crippen molar-refractivity contribution in [2.75, 3.05) is 0 Å². The van der Waals surface area contributed by atoms with Crippen molar-refractivity contribution < 1.29 is 9.90 Å². The highest BCUT2D eigenvalue weighted by atomic mass is 16.4. The topological polar surface area (TPSA) is 72.4 Å². The number of carbonyl (C=O) groups is 1. The number of hydrogen-bond acceptors (Lipinski definition) is 3. The predicted octanol–water partition coefficient (Wildman–Crippen LogP) is 1.59. The monoisotopic (exact) mass is 256 g/mol. The minimum absolute atomic E-state index is 0.226. The van der Waals surface area contributed by atoms with Crippen molar-refractivity contribution in [2.45, 2.75) is 13.5 Å². The maximum absolute atomic E-state index is 11.0. The van der Waals surface area contributed by atoms with Crippen LogP contribution in [0.1, 0.15) is 21.7 Å². The van der Waals surface area contributed by atoms with Gasteiger partial charge in [-0.3, -0.25) is 4.68 Å². The Labute approximate surface area is 108 Å². The molecule has 3 heterocycles. The summed E-state index contributed by atoms with van der Waals surface area (Å²) in [5.74, 6) is -0.959. The van der Waals surface area contributed by atoms with E-state index < -0.39 is 5.97 Å². The van der Waals surface area contributed by atoms with Gasteiger partial charge in [-0.2, -0.15) is 5.10 Å². The molecule has 0 aliphatic heterocycles. The Morgan fingerprint density at radius 2 is 2.26 bits per heavy atom. The van der Waals surface area contributed by atoms with Crippen molar-refractivity contribution in [3.63, 3.8) is 0 Å². The largest absolute Gasteiger partial charge is 0.478 e. The molecule has 0 aliphatic carbocycles. The Hall–Kier alpha value is -2.63. The number of hydrogen-bond donors (Lipinski definition) is 1. The fourth-order valence-corrected chi connectivity index (χ4v) is 2.03. The molecule has 6 nitrogen and oxygen atoms in total. The highest BCUT2D eigenvalue weighted by molar-refractivity contribution is 5.88. The lowest BCUT2D eigenvalue weighted by Crippen LogP contribution is -2.06. The molecular formula is C13H12N4O2. The van der Waals surface area contributed by atoms with Gasteiger partial charge in [-0.25, -0.2) is 9.78 Å². The van der Waals surface area contributed by atoms with Crippen LogP contribution in [0.4, 0.5) is 0 Å². The molecule has 3 aromatic heterocycles. The Morgan fingerprint density at radius 3 is 2.95 bits per heavy atom.